The number of rotatable bonds is 8. The van der Waals surface area contributed by atoms with Crippen LogP contribution in [-0.2, 0) is 4.74 Å². The number of hydrogen-bond acceptors (Lipinski definition) is 3. The Hall–Kier alpha value is -0.900. The van der Waals surface area contributed by atoms with Crippen molar-refractivity contribution >= 4 is 0 Å². The minimum absolute atomic E-state index is 0.181. The van der Waals surface area contributed by atoms with Gasteiger partial charge in [0.05, 0.1) is 6.61 Å². The van der Waals surface area contributed by atoms with Gasteiger partial charge >= 0.3 is 0 Å². The largest absolute Gasteiger partial charge is 0.396 e. The van der Waals surface area contributed by atoms with E-state index in [1.54, 1.807) is 7.11 Å². The molecule has 0 aliphatic carbocycles. The van der Waals surface area contributed by atoms with Crippen molar-refractivity contribution in [2.75, 3.05) is 20.3 Å². The lowest BCUT2D eigenvalue weighted by atomic mass is 9.95. The molecule has 0 bridgehead atoms. The lowest BCUT2D eigenvalue weighted by molar-refractivity contribution is 0.137. The van der Waals surface area contributed by atoms with Crippen molar-refractivity contribution in [3.8, 4) is 0 Å². The van der Waals surface area contributed by atoms with Crippen molar-refractivity contribution in [1.29, 1.82) is 0 Å². The standard InChI is InChI=1S/C15H25NO2/c1-12(2)15(13-7-5-4-6-8-13)16-14(9-10-17)11-18-3/h4-8,12,14-17H,9-11H2,1-3H3. The maximum atomic E-state index is 9.09. The average Bonchev–Trinajstić information content (AvgIpc) is 2.37. The van der Waals surface area contributed by atoms with Crippen LogP contribution in [0.1, 0.15) is 31.9 Å². The molecule has 2 atom stereocenters. The maximum absolute atomic E-state index is 9.09. The van der Waals surface area contributed by atoms with E-state index in [9.17, 15) is 0 Å². The topological polar surface area (TPSA) is 41.5 Å². The molecule has 18 heavy (non-hydrogen) atoms. The van der Waals surface area contributed by atoms with Crippen LogP contribution in [0.15, 0.2) is 30.3 Å². The third-order valence-electron chi connectivity index (χ3n) is 3.09. The van der Waals surface area contributed by atoms with Crippen LogP contribution in [0.3, 0.4) is 0 Å². The summed E-state index contributed by atoms with van der Waals surface area (Å²) < 4.78 is 5.20. The van der Waals surface area contributed by atoms with Crippen LogP contribution in [0.25, 0.3) is 0 Å². The highest BCUT2D eigenvalue weighted by molar-refractivity contribution is 5.19. The Balaban J connectivity index is 2.73. The van der Waals surface area contributed by atoms with Crippen molar-refractivity contribution < 1.29 is 9.84 Å². The zero-order chi connectivity index (χ0) is 13.4. The number of aliphatic hydroxyl groups is 1. The molecule has 102 valence electrons. The Kier molecular flexibility index (Phi) is 6.94. The van der Waals surface area contributed by atoms with Crippen LogP contribution in [0.5, 0.6) is 0 Å². The molecule has 3 heteroatoms. The van der Waals surface area contributed by atoms with Crippen LogP contribution >= 0.6 is 0 Å². The molecule has 2 N–H and O–H groups in total. The molecular formula is C15H25NO2. The Morgan fingerprint density at radius 3 is 2.39 bits per heavy atom. The molecular weight excluding hydrogens is 226 g/mol. The van der Waals surface area contributed by atoms with Crippen LogP contribution in [-0.4, -0.2) is 31.5 Å². The molecule has 1 aromatic rings. The van der Waals surface area contributed by atoms with E-state index in [4.69, 9.17) is 9.84 Å². The van der Waals surface area contributed by atoms with E-state index < -0.39 is 0 Å². The Bertz CT molecular complexity index is 308. The van der Waals surface area contributed by atoms with E-state index in [0.717, 1.165) is 0 Å². The number of hydrogen-bond donors (Lipinski definition) is 2. The molecule has 0 spiro atoms. The van der Waals surface area contributed by atoms with Crippen LogP contribution in [0.4, 0.5) is 0 Å². The summed E-state index contributed by atoms with van der Waals surface area (Å²) >= 11 is 0. The summed E-state index contributed by atoms with van der Waals surface area (Å²) in [5, 5.41) is 12.7. The van der Waals surface area contributed by atoms with E-state index in [0.29, 0.717) is 18.9 Å². The van der Waals surface area contributed by atoms with Crippen LogP contribution in [0, 0.1) is 5.92 Å². The molecule has 0 radical (unpaired) electrons. The third kappa shape index (κ3) is 4.77. The Morgan fingerprint density at radius 1 is 1.22 bits per heavy atom. The average molecular weight is 251 g/mol. The van der Waals surface area contributed by atoms with Gasteiger partial charge in [-0.25, -0.2) is 0 Å². The van der Waals surface area contributed by atoms with Gasteiger partial charge in [0.25, 0.3) is 0 Å². The van der Waals surface area contributed by atoms with Crippen LogP contribution in [0.2, 0.25) is 0 Å². The normalized spacial score (nSPS) is 14.7. The smallest absolute Gasteiger partial charge is 0.0616 e. The number of ether oxygens (including phenoxy) is 1. The molecule has 0 aromatic heterocycles. The van der Waals surface area contributed by atoms with E-state index in [2.05, 4.69) is 43.4 Å². The molecule has 2 unspecified atom stereocenters. The summed E-state index contributed by atoms with van der Waals surface area (Å²) in [6, 6.07) is 10.9. The fourth-order valence-electron chi connectivity index (χ4n) is 2.16. The molecule has 0 saturated carbocycles. The molecule has 0 aliphatic rings. The van der Waals surface area contributed by atoms with E-state index in [-0.39, 0.29) is 18.7 Å². The van der Waals surface area contributed by atoms with Gasteiger partial charge in [-0.15, -0.1) is 0 Å². The number of aliphatic hydroxyl groups excluding tert-OH is 1. The van der Waals surface area contributed by atoms with Gasteiger partial charge in [0.15, 0.2) is 0 Å². The molecule has 0 amide bonds. The first-order valence-electron chi connectivity index (χ1n) is 6.59. The van der Waals surface area contributed by atoms with Gasteiger partial charge in [0.1, 0.15) is 0 Å². The number of benzene rings is 1. The summed E-state index contributed by atoms with van der Waals surface area (Å²) in [7, 11) is 1.69. The second kappa shape index (κ2) is 8.25. The first-order valence-corrected chi connectivity index (χ1v) is 6.59. The summed E-state index contributed by atoms with van der Waals surface area (Å²) in [6.07, 6.45) is 0.712. The van der Waals surface area contributed by atoms with E-state index in [1.807, 2.05) is 6.07 Å². The van der Waals surface area contributed by atoms with Crippen molar-refractivity contribution in [3.63, 3.8) is 0 Å². The highest BCUT2D eigenvalue weighted by Gasteiger charge is 2.19. The molecule has 0 fully saturated rings. The van der Waals surface area contributed by atoms with Crippen LogP contribution < -0.4 is 5.32 Å². The van der Waals surface area contributed by atoms with Crippen molar-refractivity contribution in [3.05, 3.63) is 35.9 Å². The minimum atomic E-state index is 0.181. The molecule has 1 rings (SSSR count). The fourth-order valence-corrected chi connectivity index (χ4v) is 2.16. The predicted octanol–water partition coefficient (Wildman–Crippen LogP) is 2.37. The quantitative estimate of drug-likeness (QED) is 0.745. The van der Waals surface area contributed by atoms with E-state index in [1.165, 1.54) is 5.56 Å². The summed E-state index contributed by atoms with van der Waals surface area (Å²) in [5.41, 5.74) is 1.28. The second-order valence-corrected chi connectivity index (χ2v) is 4.96. The lowest BCUT2D eigenvalue weighted by Gasteiger charge is -2.28. The second-order valence-electron chi connectivity index (χ2n) is 4.96. The first kappa shape index (κ1) is 15.2. The van der Waals surface area contributed by atoms with Crippen molar-refractivity contribution in [1.82, 2.24) is 5.32 Å². The fraction of sp³-hybridized carbons (Fsp3) is 0.600. The zero-order valence-corrected chi connectivity index (χ0v) is 11.6. The lowest BCUT2D eigenvalue weighted by Crippen LogP contribution is -2.39. The van der Waals surface area contributed by atoms with Gasteiger partial charge in [-0.05, 0) is 17.9 Å². The van der Waals surface area contributed by atoms with E-state index >= 15 is 0 Å². The SMILES string of the molecule is COCC(CCO)NC(c1ccccc1)C(C)C. The minimum Gasteiger partial charge on any atom is -0.396 e. The summed E-state index contributed by atoms with van der Waals surface area (Å²) in [4.78, 5) is 0. The monoisotopic (exact) mass is 251 g/mol. The number of methoxy groups -OCH3 is 1. The van der Waals surface area contributed by atoms with Gasteiger partial charge < -0.3 is 15.2 Å². The highest BCUT2D eigenvalue weighted by atomic mass is 16.5. The number of nitrogens with one attached hydrogen (secondary N) is 1. The molecule has 1 aromatic carbocycles. The Labute approximate surface area is 110 Å². The maximum Gasteiger partial charge on any atom is 0.0616 e. The van der Waals surface area contributed by atoms with Gasteiger partial charge in [-0.2, -0.15) is 0 Å². The zero-order valence-electron chi connectivity index (χ0n) is 11.6. The predicted molar refractivity (Wildman–Crippen MR) is 74.5 cm³/mol. The summed E-state index contributed by atoms with van der Waals surface area (Å²) in [6.45, 7) is 5.21. The molecule has 3 nitrogen and oxygen atoms in total. The summed E-state index contributed by atoms with van der Waals surface area (Å²) in [5.74, 6) is 0.491. The van der Waals surface area contributed by atoms with Crippen molar-refractivity contribution in [2.45, 2.75) is 32.4 Å². The van der Waals surface area contributed by atoms with Crippen molar-refractivity contribution in [2.24, 2.45) is 5.92 Å². The molecule has 0 aliphatic heterocycles. The molecule has 0 saturated heterocycles. The van der Waals surface area contributed by atoms with Gasteiger partial charge in [-0.1, -0.05) is 44.2 Å². The first-order chi connectivity index (χ1) is 8.69. The third-order valence-corrected chi connectivity index (χ3v) is 3.09. The molecule has 0 heterocycles. The van der Waals surface area contributed by atoms with Gasteiger partial charge in [0, 0.05) is 25.8 Å². The Morgan fingerprint density at radius 2 is 1.89 bits per heavy atom. The van der Waals surface area contributed by atoms with Gasteiger partial charge in [0.2, 0.25) is 0 Å². The van der Waals surface area contributed by atoms with Gasteiger partial charge in [-0.3, -0.25) is 0 Å². The highest BCUT2D eigenvalue weighted by Crippen LogP contribution is 2.22.